The molecule has 1 aliphatic heterocycles. The van der Waals surface area contributed by atoms with Crippen LogP contribution in [-0.4, -0.2) is 48.7 Å². The zero-order valence-corrected chi connectivity index (χ0v) is 11.5. The maximum Gasteiger partial charge on any atom is 0.267 e. The van der Waals surface area contributed by atoms with Gasteiger partial charge in [0.2, 0.25) is 0 Å². The van der Waals surface area contributed by atoms with Crippen molar-refractivity contribution in [3.05, 3.63) is 22.8 Å². The molecule has 0 aromatic carbocycles. The molecule has 1 fully saturated rings. The Hall–Kier alpha value is -1.37. The van der Waals surface area contributed by atoms with Crippen LogP contribution in [0.2, 0.25) is 5.02 Å². The number of carbonyl (C=O) groups is 1. The van der Waals surface area contributed by atoms with Gasteiger partial charge in [-0.2, -0.15) is 0 Å². The second-order valence-electron chi connectivity index (χ2n) is 4.13. The fourth-order valence-corrected chi connectivity index (χ4v) is 1.98. The number of halogens is 1. The number of anilines is 1. The number of pyridine rings is 1. The number of nitrogens with one attached hydrogen (secondary N) is 2. The molecule has 1 amide bonds. The van der Waals surface area contributed by atoms with E-state index in [1.807, 2.05) is 11.9 Å². The van der Waals surface area contributed by atoms with Crippen molar-refractivity contribution in [3.63, 3.8) is 0 Å². The molecule has 1 saturated heterocycles. The number of hydrogen-bond acceptors (Lipinski definition) is 5. The fourth-order valence-electron chi connectivity index (χ4n) is 1.74. The second kappa shape index (κ2) is 6.70. The Morgan fingerprint density at radius 2 is 2.26 bits per heavy atom. The van der Waals surface area contributed by atoms with Gasteiger partial charge in [0.1, 0.15) is 5.82 Å². The monoisotopic (exact) mass is 284 g/mol. The van der Waals surface area contributed by atoms with E-state index >= 15 is 0 Å². The number of rotatable bonds is 4. The Morgan fingerprint density at radius 3 is 2.89 bits per heavy atom. The largest absolute Gasteiger partial charge is 0.379 e. The summed E-state index contributed by atoms with van der Waals surface area (Å²) in [6, 6.07) is 1.61. The molecule has 0 radical (unpaired) electrons. The summed E-state index contributed by atoms with van der Waals surface area (Å²) in [5.41, 5.74) is 3.25. The molecule has 6 nitrogen and oxygen atoms in total. The highest BCUT2D eigenvalue weighted by molar-refractivity contribution is 6.33. The normalized spacial score (nSPS) is 16.1. The lowest BCUT2D eigenvalue weighted by Gasteiger charge is -2.26. The van der Waals surface area contributed by atoms with Gasteiger partial charge in [-0.1, -0.05) is 11.6 Å². The molecular weight excluding hydrogens is 268 g/mol. The van der Waals surface area contributed by atoms with Crippen LogP contribution in [0.3, 0.4) is 0 Å². The molecule has 19 heavy (non-hydrogen) atoms. The minimum absolute atomic E-state index is 0.209. The van der Waals surface area contributed by atoms with Crippen LogP contribution in [0.4, 0.5) is 5.82 Å². The first-order valence-electron chi connectivity index (χ1n) is 6.24. The molecule has 2 heterocycles. The summed E-state index contributed by atoms with van der Waals surface area (Å²) in [6.45, 7) is 5.30. The zero-order valence-electron chi connectivity index (χ0n) is 10.8. The molecule has 0 aliphatic carbocycles. The van der Waals surface area contributed by atoms with Gasteiger partial charge < -0.3 is 10.1 Å². The Morgan fingerprint density at radius 1 is 1.53 bits per heavy atom. The summed E-state index contributed by atoms with van der Waals surface area (Å²) < 4.78 is 5.21. The lowest BCUT2D eigenvalue weighted by atomic mass is 10.2. The van der Waals surface area contributed by atoms with Crippen molar-refractivity contribution < 1.29 is 9.53 Å². The minimum atomic E-state index is -0.209. The third kappa shape index (κ3) is 3.79. The van der Waals surface area contributed by atoms with Crippen LogP contribution in [0.15, 0.2) is 12.3 Å². The standard InChI is InChI=1S/C12H17ClN4O2/c1-2-14-11-10(13)7-9(8-15-11)12(18)16-17-3-5-19-6-4-17/h7-8H,2-6H2,1H3,(H,14,15)(H,16,18). The van der Waals surface area contributed by atoms with Gasteiger partial charge >= 0.3 is 0 Å². The quantitative estimate of drug-likeness (QED) is 0.868. The highest BCUT2D eigenvalue weighted by atomic mass is 35.5. The van der Waals surface area contributed by atoms with Crippen LogP contribution < -0.4 is 10.7 Å². The van der Waals surface area contributed by atoms with Gasteiger partial charge in [0.05, 0.1) is 23.8 Å². The summed E-state index contributed by atoms with van der Waals surface area (Å²) in [7, 11) is 0. The lowest BCUT2D eigenvalue weighted by Crippen LogP contribution is -2.48. The van der Waals surface area contributed by atoms with Crippen LogP contribution in [0.5, 0.6) is 0 Å². The van der Waals surface area contributed by atoms with E-state index in [0.29, 0.717) is 42.7 Å². The zero-order chi connectivity index (χ0) is 13.7. The molecule has 0 spiro atoms. The highest BCUT2D eigenvalue weighted by Crippen LogP contribution is 2.19. The highest BCUT2D eigenvalue weighted by Gasteiger charge is 2.15. The maximum absolute atomic E-state index is 12.0. The first kappa shape index (κ1) is 14.0. The van der Waals surface area contributed by atoms with Gasteiger partial charge in [-0.25, -0.2) is 9.99 Å². The molecule has 0 saturated carbocycles. The van der Waals surface area contributed by atoms with E-state index in [0.717, 1.165) is 6.54 Å². The number of hydrogen-bond donors (Lipinski definition) is 2. The predicted octanol–water partition coefficient (Wildman–Crippen LogP) is 1.14. The van der Waals surface area contributed by atoms with E-state index in [-0.39, 0.29) is 5.91 Å². The van der Waals surface area contributed by atoms with Crippen molar-refractivity contribution >= 4 is 23.3 Å². The Bertz CT molecular complexity index is 449. The summed E-state index contributed by atoms with van der Waals surface area (Å²) in [5.74, 6) is 0.381. The third-order valence-corrected chi connectivity index (χ3v) is 3.01. The summed E-state index contributed by atoms with van der Waals surface area (Å²) in [6.07, 6.45) is 1.51. The summed E-state index contributed by atoms with van der Waals surface area (Å²) >= 11 is 6.06. The van der Waals surface area contributed by atoms with Gasteiger partial charge in [0.15, 0.2) is 0 Å². The van der Waals surface area contributed by atoms with Crippen molar-refractivity contribution in [1.82, 2.24) is 15.4 Å². The Balaban J connectivity index is 2.00. The topological polar surface area (TPSA) is 66.5 Å². The number of ether oxygens (including phenoxy) is 1. The first-order valence-corrected chi connectivity index (χ1v) is 6.61. The van der Waals surface area contributed by atoms with Gasteiger partial charge in [-0.05, 0) is 13.0 Å². The van der Waals surface area contributed by atoms with Crippen molar-refractivity contribution in [2.45, 2.75) is 6.92 Å². The molecule has 1 aromatic rings. The lowest BCUT2D eigenvalue weighted by molar-refractivity contribution is 0.0126. The smallest absolute Gasteiger partial charge is 0.267 e. The van der Waals surface area contributed by atoms with Gasteiger partial charge in [0.25, 0.3) is 5.91 Å². The molecule has 7 heteroatoms. The fraction of sp³-hybridized carbons (Fsp3) is 0.500. The molecule has 2 N–H and O–H groups in total. The second-order valence-corrected chi connectivity index (χ2v) is 4.53. The van der Waals surface area contributed by atoms with Crippen molar-refractivity contribution in [1.29, 1.82) is 0 Å². The Kier molecular flexibility index (Phi) is 4.95. The summed E-state index contributed by atoms with van der Waals surface area (Å²) in [5, 5.41) is 5.29. The van der Waals surface area contributed by atoms with Crippen molar-refractivity contribution in [2.24, 2.45) is 0 Å². The van der Waals surface area contributed by atoms with Crippen molar-refractivity contribution in [2.75, 3.05) is 38.2 Å². The minimum Gasteiger partial charge on any atom is -0.379 e. The number of nitrogens with zero attached hydrogens (tertiary/aromatic N) is 2. The van der Waals surface area contributed by atoms with Crippen LogP contribution >= 0.6 is 11.6 Å². The number of morpholine rings is 1. The van der Waals surface area contributed by atoms with E-state index in [4.69, 9.17) is 16.3 Å². The Labute approximate surface area is 117 Å². The number of carbonyl (C=O) groups excluding carboxylic acids is 1. The summed E-state index contributed by atoms with van der Waals surface area (Å²) in [4.78, 5) is 16.2. The van der Waals surface area contributed by atoms with Crippen LogP contribution in [-0.2, 0) is 4.74 Å². The average molecular weight is 285 g/mol. The molecule has 0 atom stereocenters. The number of aromatic nitrogens is 1. The molecule has 0 unspecified atom stereocenters. The van der Waals surface area contributed by atoms with Gasteiger partial charge in [-0.3, -0.25) is 10.2 Å². The molecule has 2 rings (SSSR count). The van der Waals surface area contributed by atoms with E-state index in [1.54, 1.807) is 6.07 Å². The molecule has 0 bridgehead atoms. The molecular formula is C12H17ClN4O2. The number of hydrazine groups is 1. The van der Waals surface area contributed by atoms with Crippen molar-refractivity contribution in [3.8, 4) is 0 Å². The van der Waals surface area contributed by atoms with Gasteiger partial charge in [-0.15, -0.1) is 0 Å². The number of amides is 1. The molecule has 104 valence electrons. The maximum atomic E-state index is 12.0. The average Bonchev–Trinajstić information content (AvgIpc) is 2.42. The molecule has 1 aliphatic rings. The van der Waals surface area contributed by atoms with E-state index in [2.05, 4.69) is 15.7 Å². The van der Waals surface area contributed by atoms with Crippen LogP contribution in [0, 0.1) is 0 Å². The molecule has 1 aromatic heterocycles. The first-order chi connectivity index (χ1) is 9.20. The van der Waals surface area contributed by atoms with Crippen LogP contribution in [0.25, 0.3) is 0 Å². The van der Waals surface area contributed by atoms with E-state index in [1.165, 1.54) is 6.20 Å². The predicted molar refractivity (Wildman–Crippen MR) is 73.3 cm³/mol. The third-order valence-electron chi connectivity index (χ3n) is 2.72. The van der Waals surface area contributed by atoms with E-state index in [9.17, 15) is 4.79 Å². The van der Waals surface area contributed by atoms with Gasteiger partial charge in [0, 0.05) is 25.8 Å². The SMILES string of the molecule is CCNc1ncc(C(=O)NN2CCOCC2)cc1Cl. The van der Waals surface area contributed by atoms with Crippen LogP contribution in [0.1, 0.15) is 17.3 Å². The van der Waals surface area contributed by atoms with E-state index < -0.39 is 0 Å².